The minimum absolute atomic E-state index is 0.109. The molecule has 0 saturated carbocycles. The van der Waals surface area contributed by atoms with Crippen LogP contribution in [-0.2, 0) is 0 Å². The van der Waals surface area contributed by atoms with Gasteiger partial charge in [0.1, 0.15) is 16.6 Å². The van der Waals surface area contributed by atoms with E-state index in [1.54, 1.807) is 0 Å². The molecule has 0 aliphatic carbocycles. The number of aromatic nitrogens is 4. The second-order valence-corrected chi connectivity index (χ2v) is 4.70. The van der Waals surface area contributed by atoms with Crippen LogP contribution in [0.4, 0.5) is 22.0 Å². The van der Waals surface area contributed by atoms with Gasteiger partial charge < -0.3 is 0 Å². The van der Waals surface area contributed by atoms with Crippen LogP contribution < -0.4 is 0 Å². The molecule has 0 unspecified atom stereocenters. The third kappa shape index (κ3) is 1.92. The number of fused-ring (bicyclic) bond motifs is 1. The third-order valence-corrected chi connectivity index (χ3v) is 3.41. The van der Waals surface area contributed by atoms with E-state index in [4.69, 9.17) is 23.2 Å². The smallest absolute Gasteiger partial charge is 0.203 e. The number of hydrogen-bond acceptors (Lipinski definition) is 3. The van der Waals surface area contributed by atoms with Crippen LogP contribution in [-0.4, -0.2) is 19.6 Å². The number of benzene rings is 1. The minimum Gasteiger partial charge on any atom is -0.203 e. The average Bonchev–Trinajstić information content (AvgIpc) is 2.95. The molecule has 0 fully saturated rings. The lowest BCUT2D eigenvalue weighted by Crippen LogP contribution is -2.07. The number of nitrogens with zero attached hydrogens (tertiary/aromatic N) is 4. The van der Waals surface area contributed by atoms with Crippen LogP contribution in [0.5, 0.6) is 0 Å². The first-order valence-electron chi connectivity index (χ1n) is 5.41. The highest BCUT2D eigenvalue weighted by molar-refractivity contribution is 6.38. The van der Waals surface area contributed by atoms with Crippen LogP contribution in [0.3, 0.4) is 0 Å². The highest BCUT2D eigenvalue weighted by Gasteiger charge is 2.30. The van der Waals surface area contributed by atoms with Crippen LogP contribution in [0, 0.1) is 29.1 Å². The molecule has 0 saturated heterocycles. The first-order chi connectivity index (χ1) is 10.3. The van der Waals surface area contributed by atoms with Crippen molar-refractivity contribution in [2.24, 2.45) is 0 Å². The van der Waals surface area contributed by atoms with Crippen molar-refractivity contribution in [2.45, 2.75) is 0 Å². The molecular weight excluding hydrogens is 354 g/mol. The Morgan fingerprint density at radius 3 is 1.95 bits per heavy atom. The van der Waals surface area contributed by atoms with Crippen molar-refractivity contribution >= 4 is 29.0 Å². The molecule has 11 heteroatoms. The number of hydrogen-bond donors (Lipinski definition) is 0. The topological polar surface area (TPSA) is 43.1 Å². The van der Waals surface area contributed by atoms with Crippen molar-refractivity contribution in [3.63, 3.8) is 0 Å². The molecule has 1 aromatic carbocycles. The van der Waals surface area contributed by atoms with E-state index in [9.17, 15) is 22.0 Å². The average molecular weight is 355 g/mol. The van der Waals surface area contributed by atoms with Crippen LogP contribution in [0.25, 0.3) is 16.9 Å². The summed E-state index contributed by atoms with van der Waals surface area (Å²) in [6, 6.07) is 0. The van der Waals surface area contributed by atoms with Crippen LogP contribution in [0.15, 0.2) is 6.33 Å². The van der Waals surface area contributed by atoms with Gasteiger partial charge in [-0.25, -0.2) is 22.0 Å². The van der Waals surface area contributed by atoms with E-state index in [1.165, 1.54) is 0 Å². The molecule has 22 heavy (non-hydrogen) atoms. The second kappa shape index (κ2) is 5.03. The van der Waals surface area contributed by atoms with Crippen LogP contribution in [0.2, 0.25) is 10.3 Å². The molecule has 3 rings (SSSR count). The summed E-state index contributed by atoms with van der Waals surface area (Å²) in [6.45, 7) is 0. The maximum Gasteiger partial charge on any atom is 0.255 e. The molecule has 3 aromatic rings. The van der Waals surface area contributed by atoms with Gasteiger partial charge in [0.15, 0.2) is 23.3 Å². The molecule has 0 amide bonds. The molecule has 114 valence electrons. The van der Waals surface area contributed by atoms with E-state index in [0.29, 0.717) is 0 Å². The fourth-order valence-corrected chi connectivity index (χ4v) is 2.43. The van der Waals surface area contributed by atoms with Gasteiger partial charge in [-0.05, 0) is 0 Å². The predicted octanol–water partition coefficient (Wildman–Crippen LogP) is 3.79. The van der Waals surface area contributed by atoms with E-state index < -0.39 is 50.5 Å². The summed E-state index contributed by atoms with van der Waals surface area (Å²) in [7, 11) is 0. The third-order valence-electron chi connectivity index (χ3n) is 2.79. The van der Waals surface area contributed by atoms with Gasteiger partial charge in [-0.15, -0.1) is 0 Å². The van der Waals surface area contributed by atoms with Gasteiger partial charge in [-0.1, -0.05) is 23.2 Å². The first-order valence-corrected chi connectivity index (χ1v) is 6.16. The molecule has 0 aliphatic heterocycles. The fourth-order valence-electron chi connectivity index (χ4n) is 1.82. The molecule has 2 heterocycles. The molecule has 4 nitrogen and oxygen atoms in total. The normalized spacial score (nSPS) is 11.4. The fraction of sp³-hybridized carbons (Fsp3) is 0. The molecule has 0 spiro atoms. The standard InChI is InChI=1S/C11HCl2F5N4/c12-9-3(10(13)22-11(21-9)19-1-20-22)2-4(14)6(16)8(18)7(17)5(2)15/h1H. The van der Waals surface area contributed by atoms with Gasteiger partial charge in [0.2, 0.25) is 5.82 Å². The Balaban J connectivity index is 2.47. The van der Waals surface area contributed by atoms with Crippen molar-refractivity contribution in [1.82, 2.24) is 19.6 Å². The van der Waals surface area contributed by atoms with Crippen molar-refractivity contribution < 1.29 is 22.0 Å². The molecule has 0 N–H and O–H groups in total. The van der Waals surface area contributed by atoms with Gasteiger partial charge >= 0.3 is 0 Å². The van der Waals surface area contributed by atoms with Crippen molar-refractivity contribution in [3.8, 4) is 11.1 Å². The summed E-state index contributed by atoms with van der Waals surface area (Å²) >= 11 is 11.6. The Morgan fingerprint density at radius 2 is 1.36 bits per heavy atom. The predicted molar refractivity (Wildman–Crippen MR) is 66.0 cm³/mol. The SMILES string of the molecule is Fc1c(F)c(F)c(-c2c(Cl)nc3ncnn3c2Cl)c(F)c1F. The van der Waals surface area contributed by atoms with Crippen LogP contribution >= 0.6 is 23.2 Å². The van der Waals surface area contributed by atoms with E-state index in [1.807, 2.05) is 0 Å². The zero-order chi connectivity index (χ0) is 16.2. The maximum atomic E-state index is 13.9. The van der Waals surface area contributed by atoms with Crippen molar-refractivity contribution in [3.05, 3.63) is 45.7 Å². The summed E-state index contributed by atoms with van der Waals surface area (Å²) in [4.78, 5) is 7.28. The molecule has 2 aromatic heterocycles. The summed E-state index contributed by atoms with van der Waals surface area (Å²) < 4.78 is 68.2. The van der Waals surface area contributed by atoms with Crippen molar-refractivity contribution in [1.29, 1.82) is 0 Å². The van der Waals surface area contributed by atoms with Gasteiger partial charge in [0.25, 0.3) is 5.78 Å². The lowest BCUT2D eigenvalue weighted by Gasteiger charge is -2.11. The van der Waals surface area contributed by atoms with Gasteiger partial charge in [-0.3, -0.25) is 0 Å². The maximum absolute atomic E-state index is 13.9. The van der Waals surface area contributed by atoms with Gasteiger partial charge in [-0.2, -0.15) is 19.6 Å². The van der Waals surface area contributed by atoms with E-state index in [-0.39, 0.29) is 5.78 Å². The van der Waals surface area contributed by atoms with Gasteiger partial charge in [0.05, 0.1) is 11.1 Å². The number of halogens is 7. The molecule has 0 atom stereocenters. The monoisotopic (exact) mass is 354 g/mol. The Morgan fingerprint density at radius 1 is 0.818 bits per heavy atom. The summed E-state index contributed by atoms with van der Waals surface area (Å²) in [6.07, 6.45) is 1.02. The Labute approximate surface area is 128 Å². The second-order valence-electron chi connectivity index (χ2n) is 3.99. The molecule has 0 aliphatic rings. The molecular formula is C11HCl2F5N4. The Bertz CT molecular complexity index is 898. The van der Waals surface area contributed by atoms with E-state index in [0.717, 1.165) is 10.8 Å². The lowest BCUT2D eigenvalue weighted by molar-refractivity contribution is 0.381. The quantitative estimate of drug-likeness (QED) is 0.289. The van der Waals surface area contributed by atoms with Crippen molar-refractivity contribution in [2.75, 3.05) is 0 Å². The lowest BCUT2D eigenvalue weighted by atomic mass is 10.1. The summed E-state index contributed by atoms with van der Waals surface area (Å²) in [5, 5.41) is 2.52. The largest absolute Gasteiger partial charge is 0.255 e. The first kappa shape index (κ1) is 14.9. The molecule has 0 radical (unpaired) electrons. The molecule has 0 bridgehead atoms. The highest BCUT2D eigenvalue weighted by Crippen LogP contribution is 2.39. The Hall–Kier alpha value is -2.00. The zero-order valence-electron chi connectivity index (χ0n) is 10.0. The highest BCUT2D eigenvalue weighted by atomic mass is 35.5. The van der Waals surface area contributed by atoms with E-state index >= 15 is 0 Å². The number of rotatable bonds is 1. The summed E-state index contributed by atoms with van der Waals surface area (Å²) in [5.74, 6) is -10.8. The minimum atomic E-state index is -2.29. The van der Waals surface area contributed by atoms with Gasteiger partial charge in [0, 0.05) is 0 Å². The zero-order valence-corrected chi connectivity index (χ0v) is 11.5. The Kier molecular flexibility index (Phi) is 3.41. The summed E-state index contributed by atoms with van der Waals surface area (Å²) in [5.41, 5.74) is -1.98. The van der Waals surface area contributed by atoms with Crippen LogP contribution in [0.1, 0.15) is 0 Å². The van der Waals surface area contributed by atoms with E-state index in [2.05, 4.69) is 15.1 Å².